The second kappa shape index (κ2) is 7.98. The molecular formula is C26H30N8O. The zero-order valence-corrected chi connectivity index (χ0v) is 20.5. The van der Waals surface area contributed by atoms with Crippen molar-refractivity contribution in [2.24, 2.45) is 0 Å². The van der Waals surface area contributed by atoms with E-state index in [4.69, 9.17) is 9.97 Å². The highest BCUT2D eigenvalue weighted by molar-refractivity contribution is 5.77. The molecule has 1 atom stereocenters. The Labute approximate surface area is 203 Å². The zero-order chi connectivity index (χ0) is 24.3. The van der Waals surface area contributed by atoms with Crippen LogP contribution in [0, 0.1) is 0 Å². The number of nitrogens with one attached hydrogen (secondary N) is 2. The first-order valence-corrected chi connectivity index (χ1v) is 12.3. The van der Waals surface area contributed by atoms with E-state index in [9.17, 15) is 4.79 Å². The first kappa shape index (κ1) is 21.9. The van der Waals surface area contributed by atoms with Crippen LogP contribution in [0.4, 0.5) is 11.6 Å². The van der Waals surface area contributed by atoms with Crippen LogP contribution in [0.25, 0.3) is 16.9 Å². The van der Waals surface area contributed by atoms with E-state index in [1.165, 1.54) is 11.1 Å². The van der Waals surface area contributed by atoms with Crippen LogP contribution in [0.1, 0.15) is 69.6 Å². The van der Waals surface area contributed by atoms with E-state index in [2.05, 4.69) is 66.5 Å². The van der Waals surface area contributed by atoms with Gasteiger partial charge in [-0.25, -0.2) is 24.3 Å². The molecule has 6 rings (SSSR count). The maximum absolute atomic E-state index is 13.3. The van der Waals surface area contributed by atoms with Crippen molar-refractivity contribution < 1.29 is 0 Å². The predicted molar refractivity (Wildman–Crippen MR) is 136 cm³/mol. The molecule has 180 valence electrons. The molecule has 4 aromatic rings. The van der Waals surface area contributed by atoms with Gasteiger partial charge in [0.15, 0.2) is 11.5 Å². The van der Waals surface area contributed by atoms with Gasteiger partial charge in [-0.2, -0.15) is 4.98 Å². The highest BCUT2D eigenvalue weighted by Gasteiger charge is 2.31. The molecule has 35 heavy (non-hydrogen) atoms. The lowest BCUT2D eigenvalue weighted by Gasteiger charge is -2.24. The van der Waals surface area contributed by atoms with E-state index in [1.807, 2.05) is 10.7 Å². The van der Waals surface area contributed by atoms with Gasteiger partial charge in [-0.1, -0.05) is 26.8 Å². The largest absolute Gasteiger partial charge is 0.324 e. The Morgan fingerprint density at radius 3 is 2.71 bits per heavy atom. The lowest BCUT2D eigenvalue weighted by Crippen LogP contribution is -2.27. The fourth-order valence-electron chi connectivity index (χ4n) is 4.74. The minimum absolute atomic E-state index is 0.0831. The molecule has 0 radical (unpaired) electrons. The number of aromatic nitrogens is 6. The molecule has 0 amide bonds. The van der Waals surface area contributed by atoms with E-state index < -0.39 is 0 Å². The van der Waals surface area contributed by atoms with Crippen molar-refractivity contribution in [2.45, 2.75) is 64.5 Å². The van der Waals surface area contributed by atoms with Gasteiger partial charge in [0, 0.05) is 35.6 Å². The summed E-state index contributed by atoms with van der Waals surface area (Å²) in [7, 11) is 0. The van der Waals surface area contributed by atoms with Crippen LogP contribution in [0.3, 0.4) is 0 Å². The first-order valence-electron chi connectivity index (χ1n) is 12.3. The van der Waals surface area contributed by atoms with Gasteiger partial charge in [-0.3, -0.25) is 4.79 Å². The van der Waals surface area contributed by atoms with Crippen LogP contribution in [-0.4, -0.2) is 35.8 Å². The molecular weight excluding hydrogens is 440 g/mol. The summed E-state index contributed by atoms with van der Waals surface area (Å²) in [4.78, 5) is 31.9. The van der Waals surface area contributed by atoms with E-state index in [1.54, 1.807) is 17.1 Å². The number of nitrogens with zero attached hydrogens (tertiary/aromatic N) is 6. The Bertz CT molecular complexity index is 1490. The maximum atomic E-state index is 13.3. The van der Waals surface area contributed by atoms with Crippen molar-refractivity contribution in [1.29, 1.82) is 0 Å². The summed E-state index contributed by atoms with van der Waals surface area (Å²) in [5.41, 5.74) is 3.84. The normalized spacial score (nSPS) is 18.0. The number of anilines is 2. The van der Waals surface area contributed by atoms with E-state index in [0.29, 0.717) is 28.8 Å². The van der Waals surface area contributed by atoms with Crippen LogP contribution in [0.15, 0.2) is 41.5 Å². The van der Waals surface area contributed by atoms with Gasteiger partial charge in [0.05, 0.1) is 6.04 Å². The SMILES string of the molecule is CC1NCCc2cc(Nc3ncc4c(=O)n(C5CC5)n(-c5ccnc(C(C)(C)C)n5)c4n3)ccc21. The predicted octanol–water partition coefficient (Wildman–Crippen LogP) is 3.95. The molecule has 3 aromatic heterocycles. The molecule has 1 fully saturated rings. The third-order valence-electron chi connectivity index (χ3n) is 6.76. The van der Waals surface area contributed by atoms with Gasteiger partial charge < -0.3 is 10.6 Å². The molecule has 1 aromatic carbocycles. The fraction of sp³-hybridized carbons (Fsp3) is 0.423. The molecule has 4 heterocycles. The molecule has 9 heteroatoms. The fourth-order valence-corrected chi connectivity index (χ4v) is 4.74. The third kappa shape index (κ3) is 3.89. The third-order valence-corrected chi connectivity index (χ3v) is 6.76. The second-order valence-electron chi connectivity index (χ2n) is 10.6. The smallest absolute Gasteiger partial charge is 0.278 e. The van der Waals surface area contributed by atoms with Crippen LogP contribution >= 0.6 is 0 Å². The van der Waals surface area contributed by atoms with Crippen LogP contribution in [-0.2, 0) is 11.8 Å². The van der Waals surface area contributed by atoms with Crippen LogP contribution in [0.5, 0.6) is 0 Å². The standard InChI is InChI=1S/C26H30N8O/c1-15-19-8-5-17(13-16(19)9-11-27-15)30-25-29-14-20-22(32-25)34(33(23(20)35)18-6-7-18)21-10-12-28-24(31-21)26(2,3)4/h5,8,10,12-15,18,27H,6-7,9,11H2,1-4H3,(H,29,30,32). The van der Waals surface area contributed by atoms with E-state index >= 15 is 0 Å². The molecule has 1 unspecified atom stereocenters. The number of rotatable bonds is 4. The maximum Gasteiger partial charge on any atom is 0.278 e. The molecule has 9 nitrogen and oxygen atoms in total. The minimum Gasteiger partial charge on any atom is -0.324 e. The number of hydrogen-bond acceptors (Lipinski definition) is 7. The Morgan fingerprint density at radius 2 is 1.94 bits per heavy atom. The average molecular weight is 471 g/mol. The summed E-state index contributed by atoms with van der Waals surface area (Å²) in [5.74, 6) is 1.81. The van der Waals surface area contributed by atoms with Crippen LogP contribution in [0.2, 0.25) is 0 Å². The first-order chi connectivity index (χ1) is 16.8. The summed E-state index contributed by atoms with van der Waals surface area (Å²) in [6, 6.07) is 8.71. The minimum atomic E-state index is -0.217. The van der Waals surface area contributed by atoms with Crippen molar-refractivity contribution >= 4 is 22.7 Å². The molecule has 0 saturated heterocycles. The van der Waals surface area contributed by atoms with E-state index in [0.717, 1.165) is 37.3 Å². The number of fused-ring (bicyclic) bond motifs is 2. The monoisotopic (exact) mass is 470 g/mol. The summed E-state index contributed by atoms with van der Waals surface area (Å²) >= 11 is 0. The van der Waals surface area contributed by atoms with Crippen LogP contribution < -0.4 is 16.2 Å². The van der Waals surface area contributed by atoms with Crippen molar-refractivity contribution in [3.63, 3.8) is 0 Å². The van der Waals surface area contributed by atoms with Gasteiger partial charge in [-0.05, 0) is 56.0 Å². The quantitative estimate of drug-likeness (QED) is 0.465. The van der Waals surface area contributed by atoms with Crippen molar-refractivity contribution in [2.75, 3.05) is 11.9 Å². The van der Waals surface area contributed by atoms with Gasteiger partial charge >= 0.3 is 0 Å². The molecule has 2 aliphatic rings. The van der Waals surface area contributed by atoms with Crippen molar-refractivity contribution in [3.05, 3.63) is 64.0 Å². The lowest BCUT2D eigenvalue weighted by molar-refractivity contribution is 0.524. The lowest BCUT2D eigenvalue weighted by atomic mass is 9.95. The summed E-state index contributed by atoms with van der Waals surface area (Å²) < 4.78 is 3.63. The molecule has 1 aliphatic heterocycles. The topological polar surface area (TPSA) is 103 Å². The molecule has 0 bridgehead atoms. The summed E-state index contributed by atoms with van der Waals surface area (Å²) in [5, 5.41) is 7.33. The van der Waals surface area contributed by atoms with Crippen molar-refractivity contribution in [3.8, 4) is 5.82 Å². The van der Waals surface area contributed by atoms with Gasteiger partial charge in [0.1, 0.15) is 11.2 Å². The van der Waals surface area contributed by atoms with Gasteiger partial charge in [0.25, 0.3) is 5.56 Å². The molecule has 0 spiro atoms. The van der Waals surface area contributed by atoms with E-state index in [-0.39, 0.29) is 17.0 Å². The number of benzene rings is 1. The Hall–Kier alpha value is -3.59. The summed E-state index contributed by atoms with van der Waals surface area (Å²) in [6.07, 6.45) is 6.30. The second-order valence-corrected chi connectivity index (χ2v) is 10.6. The highest BCUT2D eigenvalue weighted by atomic mass is 16.1. The zero-order valence-electron chi connectivity index (χ0n) is 20.5. The Kier molecular flexibility index (Phi) is 5.00. The Morgan fingerprint density at radius 1 is 1.11 bits per heavy atom. The molecule has 2 N–H and O–H groups in total. The average Bonchev–Trinajstić information content (AvgIpc) is 3.63. The van der Waals surface area contributed by atoms with Gasteiger partial charge in [0.2, 0.25) is 5.95 Å². The molecule has 1 aliphatic carbocycles. The molecule has 1 saturated carbocycles. The van der Waals surface area contributed by atoms with Crippen molar-refractivity contribution in [1.82, 2.24) is 34.6 Å². The van der Waals surface area contributed by atoms with Gasteiger partial charge in [-0.15, -0.1) is 0 Å². The highest BCUT2D eigenvalue weighted by Crippen LogP contribution is 2.35. The number of hydrogen-bond donors (Lipinski definition) is 2. The Balaban J connectivity index is 1.45. The summed E-state index contributed by atoms with van der Waals surface area (Å²) in [6.45, 7) is 9.38.